The summed E-state index contributed by atoms with van der Waals surface area (Å²) in [5.74, 6) is 0.291. The van der Waals surface area contributed by atoms with Crippen LogP contribution in [-0.2, 0) is 4.79 Å². The predicted octanol–water partition coefficient (Wildman–Crippen LogP) is 6.38. The summed E-state index contributed by atoms with van der Waals surface area (Å²) in [7, 11) is 0. The Hall–Kier alpha value is -1.61. The number of hydrogen-bond acceptors (Lipinski definition) is 3. The molecule has 0 heterocycles. The average Bonchev–Trinajstić information content (AvgIpc) is 2.80. The topological polar surface area (TPSA) is 75.4 Å². The van der Waals surface area contributed by atoms with Crippen molar-refractivity contribution in [3.05, 3.63) is 47.5 Å². The Morgan fingerprint density at radius 2 is 1.75 bits per heavy atom. The number of nitrogens with two attached hydrogens (primary N) is 1. The van der Waals surface area contributed by atoms with E-state index in [1.165, 1.54) is 5.57 Å². The minimum Gasteiger partial charge on any atom is -0.396 e. The standard InChI is InChI=1S/C12H24N2O2.C9H13Br.C2H6.C2H4.C2H2/c1-4-12(2,3)14-11(16)10-8(6-13)5-9(10)7-15;1-4-6-7-9(10)8(3)5-2;3*1-2/h8-10,15H,4-7,13H2,1-3H3,(H,14,16);4-7H,1-3H3;1-2H3;1-2H2;1-2H/b;6-4-,8-5+,9-7+;;;. The molecule has 0 aromatic carbocycles. The Kier molecular flexibility index (Phi) is 28.3. The molecule has 3 atom stereocenters. The van der Waals surface area contributed by atoms with Crippen LogP contribution in [-0.4, -0.2) is 29.7 Å². The van der Waals surface area contributed by atoms with Crippen molar-refractivity contribution < 1.29 is 9.90 Å². The number of carbonyl (C=O) groups excluding carboxylic acids is 1. The normalized spacial score (nSPS) is 19.8. The van der Waals surface area contributed by atoms with E-state index in [1.54, 1.807) is 0 Å². The molecule has 0 bridgehead atoms. The molecule has 0 spiro atoms. The molecule has 1 rings (SSSR count). The van der Waals surface area contributed by atoms with Crippen molar-refractivity contribution in [1.29, 1.82) is 0 Å². The zero-order valence-electron chi connectivity index (χ0n) is 21.7. The van der Waals surface area contributed by atoms with Crippen LogP contribution in [0.2, 0.25) is 0 Å². The third kappa shape index (κ3) is 16.1. The van der Waals surface area contributed by atoms with Gasteiger partial charge in [-0.25, -0.2) is 0 Å². The second kappa shape index (κ2) is 24.0. The van der Waals surface area contributed by atoms with Crippen molar-refractivity contribution in [3.63, 3.8) is 0 Å². The fraction of sp³-hybridized carbons (Fsp3) is 0.593. The lowest BCUT2D eigenvalue weighted by Gasteiger charge is -2.43. The fourth-order valence-electron chi connectivity index (χ4n) is 2.69. The summed E-state index contributed by atoms with van der Waals surface area (Å²) in [5.41, 5.74) is 6.70. The lowest BCUT2D eigenvalue weighted by Crippen LogP contribution is -2.55. The maximum Gasteiger partial charge on any atom is 0.224 e. The maximum atomic E-state index is 12.1. The lowest BCUT2D eigenvalue weighted by atomic mass is 9.64. The summed E-state index contributed by atoms with van der Waals surface area (Å²) in [6.45, 7) is 22.8. The van der Waals surface area contributed by atoms with E-state index in [-0.39, 0.29) is 35.8 Å². The molecule has 1 saturated carbocycles. The summed E-state index contributed by atoms with van der Waals surface area (Å²) in [4.78, 5) is 12.1. The second-order valence-electron chi connectivity index (χ2n) is 7.44. The molecule has 32 heavy (non-hydrogen) atoms. The minimum atomic E-state index is -0.175. The van der Waals surface area contributed by atoms with Crippen LogP contribution in [0.15, 0.2) is 47.5 Å². The first kappa shape index (κ1) is 37.7. The van der Waals surface area contributed by atoms with E-state index in [2.05, 4.69) is 60.3 Å². The summed E-state index contributed by atoms with van der Waals surface area (Å²) in [6, 6.07) is 0. The number of nitrogens with one attached hydrogen (secondary N) is 1. The highest BCUT2D eigenvalue weighted by Crippen LogP contribution is 2.40. The first-order valence-electron chi connectivity index (χ1n) is 11.2. The van der Waals surface area contributed by atoms with E-state index in [0.29, 0.717) is 6.54 Å². The zero-order chi connectivity index (χ0) is 26.3. The van der Waals surface area contributed by atoms with Gasteiger partial charge in [0.15, 0.2) is 0 Å². The summed E-state index contributed by atoms with van der Waals surface area (Å²) in [5, 5.41) is 12.2. The number of carbonyl (C=O) groups is 1. The van der Waals surface area contributed by atoms with Crippen molar-refractivity contribution in [3.8, 4) is 12.8 Å². The first-order valence-corrected chi connectivity index (χ1v) is 12.0. The Bertz CT molecular complexity index is 567. The highest BCUT2D eigenvalue weighted by atomic mass is 79.9. The Balaban J connectivity index is -0.000000211. The third-order valence-electron chi connectivity index (χ3n) is 5.05. The molecule has 0 saturated heterocycles. The van der Waals surface area contributed by atoms with Crippen LogP contribution in [0.3, 0.4) is 0 Å². The molecule has 4 nitrogen and oxygen atoms in total. The molecule has 0 radical (unpaired) electrons. The van der Waals surface area contributed by atoms with Gasteiger partial charge in [0.25, 0.3) is 0 Å². The second-order valence-corrected chi connectivity index (χ2v) is 8.29. The number of terminal acetylenes is 1. The van der Waals surface area contributed by atoms with Crippen LogP contribution in [0.25, 0.3) is 0 Å². The fourth-order valence-corrected chi connectivity index (χ4v) is 3.07. The van der Waals surface area contributed by atoms with Crippen LogP contribution in [0, 0.1) is 30.6 Å². The van der Waals surface area contributed by atoms with E-state index < -0.39 is 0 Å². The Labute approximate surface area is 207 Å². The van der Waals surface area contributed by atoms with Crippen LogP contribution in [0.5, 0.6) is 0 Å². The van der Waals surface area contributed by atoms with Crippen LogP contribution in [0.4, 0.5) is 0 Å². The van der Waals surface area contributed by atoms with Crippen molar-refractivity contribution in [2.75, 3.05) is 13.2 Å². The highest BCUT2D eigenvalue weighted by molar-refractivity contribution is 9.12. The van der Waals surface area contributed by atoms with Crippen LogP contribution in [0.1, 0.15) is 68.2 Å². The monoisotopic (exact) mass is 512 g/mol. The van der Waals surface area contributed by atoms with E-state index >= 15 is 0 Å². The zero-order valence-corrected chi connectivity index (χ0v) is 23.3. The summed E-state index contributed by atoms with van der Waals surface area (Å²) < 4.78 is 1.15. The summed E-state index contributed by atoms with van der Waals surface area (Å²) in [6.07, 6.45) is 17.9. The van der Waals surface area contributed by atoms with E-state index in [1.807, 2.05) is 66.7 Å². The number of aliphatic hydroxyl groups excluding tert-OH is 1. The highest BCUT2D eigenvalue weighted by Gasteiger charge is 2.45. The predicted molar refractivity (Wildman–Crippen MR) is 147 cm³/mol. The molecule has 186 valence electrons. The Morgan fingerprint density at radius 3 is 2.09 bits per heavy atom. The summed E-state index contributed by atoms with van der Waals surface area (Å²) >= 11 is 3.45. The SMILES string of the molecule is C#C.C=C.CC.CCC(C)(C)NC(=O)C1C(CN)CC1CO.C\C=C/C=C(Br)\C(C)=C\C. The number of aliphatic hydroxyl groups is 1. The van der Waals surface area contributed by atoms with E-state index in [0.717, 1.165) is 17.3 Å². The van der Waals surface area contributed by atoms with Crippen molar-refractivity contribution in [2.45, 2.75) is 73.8 Å². The lowest BCUT2D eigenvalue weighted by molar-refractivity contribution is -0.137. The van der Waals surface area contributed by atoms with E-state index in [4.69, 9.17) is 10.8 Å². The molecule has 0 aromatic heterocycles. The smallest absolute Gasteiger partial charge is 0.224 e. The molecular weight excluding hydrogens is 464 g/mol. The number of amides is 1. The van der Waals surface area contributed by atoms with Gasteiger partial charge >= 0.3 is 0 Å². The largest absolute Gasteiger partial charge is 0.396 e. The number of hydrogen-bond donors (Lipinski definition) is 3. The van der Waals surface area contributed by atoms with Crippen molar-refractivity contribution in [1.82, 2.24) is 5.32 Å². The first-order chi connectivity index (χ1) is 15.2. The molecular formula is C27H49BrN2O2. The van der Waals surface area contributed by atoms with Crippen molar-refractivity contribution >= 4 is 21.8 Å². The molecule has 0 aliphatic heterocycles. The number of allylic oxidation sites excluding steroid dienone is 6. The van der Waals surface area contributed by atoms with Gasteiger partial charge in [0.05, 0.1) is 0 Å². The van der Waals surface area contributed by atoms with Gasteiger partial charge in [0, 0.05) is 22.5 Å². The molecule has 1 fully saturated rings. The molecule has 5 heteroatoms. The molecule has 1 amide bonds. The Morgan fingerprint density at radius 1 is 1.25 bits per heavy atom. The minimum absolute atomic E-state index is 0.0487. The maximum absolute atomic E-state index is 12.1. The molecule has 1 aliphatic rings. The molecule has 3 unspecified atom stereocenters. The van der Waals surface area contributed by atoms with Gasteiger partial charge < -0.3 is 16.2 Å². The van der Waals surface area contributed by atoms with Gasteiger partial charge in [-0.2, -0.15) is 0 Å². The van der Waals surface area contributed by atoms with Crippen LogP contribution < -0.4 is 11.1 Å². The van der Waals surface area contributed by atoms with Crippen molar-refractivity contribution in [2.24, 2.45) is 23.5 Å². The third-order valence-corrected chi connectivity index (χ3v) is 5.94. The van der Waals surface area contributed by atoms with Gasteiger partial charge in [-0.3, -0.25) is 4.79 Å². The van der Waals surface area contributed by atoms with Gasteiger partial charge in [-0.1, -0.05) is 54.9 Å². The molecule has 4 N–H and O–H groups in total. The number of halogens is 1. The van der Waals surface area contributed by atoms with Gasteiger partial charge in [-0.15, -0.1) is 26.0 Å². The van der Waals surface area contributed by atoms with Gasteiger partial charge in [-0.05, 0) is 77.5 Å². The van der Waals surface area contributed by atoms with Gasteiger partial charge in [0.1, 0.15) is 0 Å². The number of rotatable bonds is 7. The van der Waals surface area contributed by atoms with E-state index in [9.17, 15) is 4.79 Å². The van der Waals surface area contributed by atoms with Gasteiger partial charge in [0.2, 0.25) is 5.91 Å². The van der Waals surface area contributed by atoms with Crippen LogP contribution >= 0.6 is 15.9 Å². The average molecular weight is 514 g/mol. The quantitative estimate of drug-likeness (QED) is 0.210. The molecule has 0 aromatic rings. The molecule has 1 aliphatic carbocycles.